The molecule has 5 nitrogen and oxygen atoms in total. The Balaban J connectivity index is 1.63. The first-order chi connectivity index (χ1) is 9.66. The third-order valence-electron chi connectivity index (χ3n) is 4.67. The Hall–Kier alpha value is -1.10. The SMILES string of the molecule is O=C(CCC1CCCCN1)NCC1CCCC1C(=O)O. The molecule has 0 aromatic rings. The third kappa shape index (κ3) is 4.47. The van der Waals surface area contributed by atoms with Gasteiger partial charge >= 0.3 is 5.97 Å². The Morgan fingerprint density at radius 3 is 2.70 bits per heavy atom. The van der Waals surface area contributed by atoms with E-state index in [9.17, 15) is 9.59 Å². The molecule has 1 aliphatic carbocycles. The molecule has 20 heavy (non-hydrogen) atoms. The summed E-state index contributed by atoms with van der Waals surface area (Å²) in [6.45, 7) is 1.59. The van der Waals surface area contributed by atoms with E-state index in [1.165, 1.54) is 12.8 Å². The average Bonchev–Trinajstić information content (AvgIpc) is 2.92. The van der Waals surface area contributed by atoms with Crippen LogP contribution in [0.5, 0.6) is 0 Å². The summed E-state index contributed by atoms with van der Waals surface area (Å²) in [6.07, 6.45) is 7.72. The maximum Gasteiger partial charge on any atom is 0.306 e. The van der Waals surface area contributed by atoms with Gasteiger partial charge in [-0.25, -0.2) is 0 Å². The van der Waals surface area contributed by atoms with Gasteiger partial charge in [-0.15, -0.1) is 0 Å². The second kappa shape index (κ2) is 7.62. The predicted octanol–water partition coefficient (Wildman–Crippen LogP) is 1.53. The van der Waals surface area contributed by atoms with Crippen LogP contribution >= 0.6 is 0 Å². The fourth-order valence-corrected chi connectivity index (χ4v) is 3.42. The van der Waals surface area contributed by atoms with Crippen LogP contribution in [0.1, 0.15) is 51.4 Å². The van der Waals surface area contributed by atoms with E-state index in [2.05, 4.69) is 10.6 Å². The zero-order valence-corrected chi connectivity index (χ0v) is 12.1. The Kier molecular flexibility index (Phi) is 5.83. The first-order valence-electron chi connectivity index (χ1n) is 7.89. The maximum absolute atomic E-state index is 11.8. The second-order valence-corrected chi connectivity index (χ2v) is 6.13. The highest BCUT2D eigenvalue weighted by molar-refractivity contribution is 5.76. The van der Waals surface area contributed by atoms with Gasteiger partial charge in [0.2, 0.25) is 5.91 Å². The van der Waals surface area contributed by atoms with Crippen LogP contribution in [0.15, 0.2) is 0 Å². The van der Waals surface area contributed by atoms with Crippen molar-refractivity contribution in [3.8, 4) is 0 Å². The molecule has 1 heterocycles. The van der Waals surface area contributed by atoms with Gasteiger partial charge < -0.3 is 15.7 Å². The van der Waals surface area contributed by atoms with E-state index in [1.807, 2.05) is 0 Å². The molecule has 3 unspecified atom stereocenters. The van der Waals surface area contributed by atoms with Crippen LogP contribution in [0.25, 0.3) is 0 Å². The van der Waals surface area contributed by atoms with Gasteiger partial charge in [-0.2, -0.15) is 0 Å². The molecule has 0 spiro atoms. The fraction of sp³-hybridized carbons (Fsp3) is 0.867. The van der Waals surface area contributed by atoms with Crippen molar-refractivity contribution in [3.63, 3.8) is 0 Å². The van der Waals surface area contributed by atoms with Crippen molar-refractivity contribution in [2.75, 3.05) is 13.1 Å². The number of carboxylic acid groups (broad SMARTS) is 1. The number of hydrogen-bond acceptors (Lipinski definition) is 3. The second-order valence-electron chi connectivity index (χ2n) is 6.13. The Labute approximate surface area is 120 Å². The van der Waals surface area contributed by atoms with E-state index in [0.717, 1.165) is 38.6 Å². The minimum atomic E-state index is -0.715. The minimum absolute atomic E-state index is 0.0633. The smallest absolute Gasteiger partial charge is 0.306 e. The summed E-state index contributed by atoms with van der Waals surface area (Å²) in [5.74, 6) is -0.805. The van der Waals surface area contributed by atoms with E-state index < -0.39 is 5.97 Å². The monoisotopic (exact) mass is 282 g/mol. The quantitative estimate of drug-likeness (QED) is 0.690. The first kappa shape index (κ1) is 15.3. The summed E-state index contributed by atoms with van der Waals surface area (Å²) in [7, 11) is 0. The lowest BCUT2D eigenvalue weighted by molar-refractivity contribution is -0.143. The fourth-order valence-electron chi connectivity index (χ4n) is 3.42. The van der Waals surface area contributed by atoms with Crippen molar-refractivity contribution in [1.82, 2.24) is 10.6 Å². The molecule has 1 aliphatic heterocycles. The van der Waals surface area contributed by atoms with Crippen LogP contribution in [0, 0.1) is 11.8 Å². The lowest BCUT2D eigenvalue weighted by Gasteiger charge is -2.23. The number of amides is 1. The predicted molar refractivity (Wildman–Crippen MR) is 76.4 cm³/mol. The summed E-state index contributed by atoms with van der Waals surface area (Å²) >= 11 is 0. The molecule has 2 fully saturated rings. The van der Waals surface area contributed by atoms with Crippen molar-refractivity contribution in [3.05, 3.63) is 0 Å². The third-order valence-corrected chi connectivity index (χ3v) is 4.67. The molecule has 0 aromatic heterocycles. The van der Waals surface area contributed by atoms with Gasteiger partial charge in [0.05, 0.1) is 5.92 Å². The van der Waals surface area contributed by atoms with Gasteiger partial charge in [0.1, 0.15) is 0 Å². The summed E-state index contributed by atoms with van der Waals surface area (Å²) in [6, 6.07) is 0.479. The number of carbonyl (C=O) groups is 2. The van der Waals surface area contributed by atoms with Crippen molar-refractivity contribution in [2.24, 2.45) is 11.8 Å². The summed E-state index contributed by atoms with van der Waals surface area (Å²) < 4.78 is 0. The molecule has 0 bridgehead atoms. The van der Waals surface area contributed by atoms with E-state index in [4.69, 9.17) is 5.11 Å². The van der Waals surface area contributed by atoms with E-state index in [1.54, 1.807) is 0 Å². The molecule has 3 atom stereocenters. The zero-order valence-electron chi connectivity index (χ0n) is 12.1. The Bertz CT molecular complexity index is 340. The molecular weight excluding hydrogens is 256 g/mol. The Morgan fingerprint density at radius 2 is 2.00 bits per heavy atom. The molecular formula is C15H26N2O3. The number of nitrogens with one attached hydrogen (secondary N) is 2. The van der Waals surface area contributed by atoms with Crippen LogP contribution in [0.4, 0.5) is 0 Å². The van der Waals surface area contributed by atoms with Crippen LogP contribution in [0.3, 0.4) is 0 Å². The number of carboxylic acids is 1. The standard InChI is InChI=1S/C15H26N2O3/c18-14(8-7-12-5-1-2-9-16-12)17-10-11-4-3-6-13(11)15(19)20/h11-13,16H,1-10H2,(H,17,18)(H,19,20). The van der Waals surface area contributed by atoms with E-state index in [0.29, 0.717) is 19.0 Å². The van der Waals surface area contributed by atoms with E-state index >= 15 is 0 Å². The molecule has 2 aliphatic rings. The van der Waals surface area contributed by atoms with Crippen molar-refractivity contribution >= 4 is 11.9 Å². The number of carbonyl (C=O) groups excluding carboxylic acids is 1. The molecule has 1 saturated heterocycles. The van der Waals surface area contributed by atoms with Crippen molar-refractivity contribution in [1.29, 1.82) is 0 Å². The molecule has 0 radical (unpaired) electrons. The number of aliphatic carboxylic acids is 1. The van der Waals surface area contributed by atoms with Crippen molar-refractivity contribution < 1.29 is 14.7 Å². The maximum atomic E-state index is 11.8. The number of piperidine rings is 1. The number of rotatable bonds is 6. The molecule has 2 rings (SSSR count). The van der Waals surface area contributed by atoms with Gasteiger partial charge in [0, 0.05) is 19.0 Å². The number of hydrogen-bond donors (Lipinski definition) is 3. The van der Waals surface area contributed by atoms with Gasteiger partial charge in [-0.05, 0) is 44.6 Å². The van der Waals surface area contributed by atoms with Crippen LogP contribution in [0.2, 0.25) is 0 Å². The van der Waals surface area contributed by atoms with Gasteiger partial charge in [0.25, 0.3) is 0 Å². The summed E-state index contributed by atoms with van der Waals surface area (Å²) in [4.78, 5) is 22.9. The zero-order chi connectivity index (χ0) is 14.4. The van der Waals surface area contributed by atoms with E-state index in [-0.39, 0.29) is 17.7 Å². The van der Waals surface area contributed by atoms with Crippen LogP contribution in [-0.4, -0.2) is 36.1 Å². The minimum Gasteiger partial charge on any atom is -0.481 e. The van der Waals surface area contributed by atoms with Crippen LogP contribution in [-0.2, 0) is 9.59 Å². The molecule has 114 valence electrons. The molecule has 1 amide bonds. The van der Waals surface area contributed by atoms with Gasteiger partial charge in [-0.1, -0.05) is 12.8 Å². The van der Waals surface area contributed by atoms with Crippen LogP contribution < -0.4 is 10.6 Å². The molecule has 0 aromatic carbocycles. The normalized spacial score (nSPS) is 30.1. The van der Waals surface area contributed by atoms with Gasteiger partial charge in [-0.3, -0.25) is 9.59 Å². The lowest BCUT2D eigenvalue weighted by atomic mass is 9.96. The first-order valence-corrected chi connectivity index (χ1v) is 7.89. The topological polar surface area (TPSA) is 78.4 Å². The Morgan fingerprint density at radius 1 is 1.15 bits per heavy atom. The molecule has 5 heteroatoms. The largest absolute Gasteiger partial charge is 0.481 e. The molecule has 3 N–H and O–H groups in total. The summed E-state index contributed by atoms with van der Waals surface area (Å²) in [5.41, 5.74) is 0. The molecule has 1 saturated carbocycles. The lowest BCUT2D eigenvalue weighted by Crippen LogP contribution is -2.36. The summed E-state index contributed by atoms with van der Waals surface area (Å²) in [5, 5.41) is 15.5. The highest BCUT2D eigenvalue weighted by Gasteiger charge is 2.32. The van der Waals surface area contributed by atoms with Crippen molar-refractivity contribution in [2.45, 2.75) is 57.4 Å². The van der Waals surface area contributed by atoms with Gasteiger partial charge in [0.15, 0.2) is 0 Å². The highest BCUT2D eigenvalue weighted by atomic mass is 16.4. The highest BCUT2D eigenvalue weighted by Crippen LogP contribution is 2.31. The average molecular weight is 282 g/mol.